The van der Waals surface area contributed by atoms with Gasteiger partial charge in [0.25, 0.3) is 5.91 Å². The van der Waals surface area contributed by atoms with Gasteiger partial charge in [0.15, 0.2) is 0 Å². The summed E-state index contributed by atoms with van der Waals surface area (Å²) in [5.74, 6) is 0.0714. The van der Waals surface area contributed by atoms with Crippen LogP contribution in [0.5, 0.6) is 0 Å². The molecule has 7 nitrogen and oxygen atoms in total. The second-order valence-electron chi connectivity index (χ2n) is 8.76. The number of amides is 1. The first-order valence-electron chi connectivity index (χ1n) is 11.5. The van der Waals surface area contributed by atoms with Gasteiger partial charge in [0.2, 0.25) is 10.0 Å². The van der Waals surface area contributed by atoms with Gasteiger partial charge in [-0.05, 0) is 31.4 Å². The van der Waals surface area contributed by atoms with Crippen LogP contribution in [0.15, 0.2) is 24.3 Å². The number of hydrogen-bond donors (Lipinski definition) is 1. The minimum absolute atomic E-state index is 0.129. The summed E-state index contributed by atoms with van der Waals surface area (Å²) < 4.78 is 26.5. The van der Waals surface area contributed by atoms with E-state index in [0.717, 1.165) is 32.0 Å². The van der Waals surface area contributed by atoms with Crippen molar-refractivity contribution < 1.29 is 18.0 Å². The summed E-state index contributed by atoms with van der Waals surface area (Å²) in [6.07, 6.45) is 8.07. The Hall–Kier alpha value is -1.77. The summed E-state index contributed by atoms with van der Waals surface area (Å²) in [6.45, 7) is 4.89. The van der Waals surface area contributed by atoms with Crippen LogP contribution in [-0.4, -0.2) is 73.8 Å². The van der Waals surface area contributed by atoms with Gasteiger partial charge in [-0.15, -0.1) is 0 Å². The van der Waals surface area contributed by atoms with Crippen LogP contribution in [-0.2, 0) is 10.0 Å². The van der Waals surface area contributed by atoms with Crippen LogP contribution in [0.1, 0.15) is 72.6 Å². The SMILES string of the molecule is CCCS(=O)(=O)N1CCN(C2(CNC(=O)c3ccc(C=O)cc3)CCCCCC2)CC1. The zero-order valence-corrected chi connectivity index (χ0v) is 19.3. The Kier molecular flexibility index (Phi) is 8.24. The van der Waals surface area contributed by atoms with Gasteiger partial charge in [-0.1, -0.05) is 44.7 Å². The molecule has 3 rings (SSSR count). The second kappa shape index (κ2) is 10.7. The van der Waals surface area contributed by atoms with Gasteiger partial charge in [-0.2, -0.15) is 4.31 Å². The van der Waals surface area contributed by atoms with E-state index < -0.39 is 10.0 Å². The molecule has 0 aromatic heterocycles. The van der Waals surface area contributed by atoms with Crippen molar-refractivity contribution in [2.24, 2.45) is 0 Å². The molecule has 0 unspecified atom stereocenters. The van der Waals surface area contributed by atoms with Crippen molar-refractivity contribution in [1.82, 2.24) is 14.5 Å². The lowest BCUT2D eigenvalue weighted by Crippen LogP contribution is -2.61. The van der Waals surface area contributed by atoms with Crippen molar-refractivity contribution in [2.75, 3.05) is 38.5 Å². The van der Waals surface area contributed by atoms with Crippen molar-refractivity contribution in [3.63, 3.8) is 0 Å². The van der Waals surface area contributed by atoms with E-state index in [4.69, 9.17) is 0 Å². The Bertz CT molecular complexity index is 838. The maximum absolute atomic E-state index is 12.7. The van der Waals surface area contributed by atoms with Crippen LogP contribution in [0.2, 0.25) is 0 Å². The molecule has 1 N–H and O–H groups in total. The minimum Gasteiger partial charge on any atom is -0.350 e. The molecule has 2 fully saturated rings. The number of rotatable bonds is 8. The number of carbonyl (C=O) groups excluding carboxylic acids is 2. The predicted octanol–water partition coefficient (Wildman–Crippen LogP) is 2.68. The highest BCUT2D eigenvalue weighted by Gasteiger charge is 2.40. The molecule has 31 heavy (non-hydrogen) atoms. The van der Waals surface area contributed by atoms with Crippen LogP contribution in [0.25, 0.3) is 0 Å². The molecule has 1 aromatic carbocycles. The number of sulfonamides is 1. The van der Waals surface area contributed by atoms with Crippen molar-refractivity contribution >= 4 is 22.2 Å². The Morgan fingerprint density at radius 1 is 1.03 bits per heavy atom. The Balaban J connectivity index is 1.68. The van der Waals surface area contributed by atoms with E-state index in [1.165, 1.54) is 12.8 Å². The fourth-order valence-corrected chi connectivity index (χ4v) is 6.37. The van der Waals surface area contributed by atoms with Crippen LogP contribution < -0.4 is 5.32 Å². The topological polar surface area (TPSA) is 86.8 Å². The molecule has 0 atom stereocenters. The van der Waals surface area contributed by atoms with Gasteiger partial charge in [0.05, 0.1) is 5.75 Å². The molecule has 172 valence electrons. The van der Waals surface area contributed by atoms with Crippen LogP contribution in [0.3, 0.4) is 0 Å². The second-order valence-corrected chi connectivity index (χ2v) is 10.9. The van der Waals surface area contributed by atoms with Gasteiger partial charge in [-0.25, -0.2) is 8.42 Å². The van der Waals surface area contributed by atoms with Crippen molar-refractivity contribution in [2.45, 2.75) is 57.4 Å². The Morgan fingerprint density at radius 3 is 2.19 bits per heavy atom. The monoisotopic (exact) mass is 449 g/mol. The van der Waals surface area contributed by atoms with E-state index in [2.05, 4.69) is 10.2 Å². The van der Waals surface area contributed by atoms with Crippen molar-refractivity contribution in [3.8, 4) is 0 Å². The van der Waals surface area contributed by atoms with Crippen LogP contribution in [0.4, 0.5) is 0 Å². The standard InChI is InChI=1S/C23H35N3O4S/c1-2-17-31(29,30)26-15-13-25(14-16-26)23(11-5-3-4-6-12-23)19-24-22(28)21-9-7-20(18-27)8-10-21/h7-10,18H,2-6,11-17,19H2,1H3,(H,24,28). The predicted molar refractivity (Wildman–Crippen MR) is 122 cm³/mol. The van der Waals surface area contributed by atoms with E-state index in [1.807, 2.05) is 6.92 Å². The summed E-state index contributed by atoms with van der Waals surface area (Å²) in [6, 6.07) is 6.66. The fraction of sp³-hybridized carbons (Fsp3) is 0.652. The Morgan fingerprint density at radius 2 is 1.65 bits per heavy atom. The molecule has 0 bridgehead atoms. The fourth-order valence-electron chi connectivity index (χ4n) is 4.88. The molecule has 0 radical (unpaired) electrons. The van der Waals surface area contributed by atoms with E-state index in [-0.39, 0.29) is 17.2 Å². The molecular formula is C23H35N3O4S. The number of nitrogens with zero attached hydrogens (tertiary/aromatic N) is 2. The highest BCUT2D eigenvalue weighted by molar-refractivity contribution is 7.89. The zero-order chi connectivity index (χ0) is 22.3. The van der Waals surface area contributed by atoms with Crippen molar-refractivity contribution in [1.29, 1.82) is 0 Å². The summed E-state index contributed by atoms with van der Waals surface area (Å²) in [5, 5.41) is 3.13. The average Bonchev–Trinajstić information content (AvgIpc) is 3.04. The highest BCUT2D eigenvalue weighted by atomic mass is 32.2. The largest absolute Gasteiger partial charge is 0.350 e. The highest BCUT2D eigenvalue weighted by Crippen LogP contribution is 2.33. The lowest BCUT2D eigenvalue weighted by molar-refractivity contribution is 0.0391. The van der Waals surface area contributed by atoms with Gasteiger partial charge in [0, 0.05) is 49.4 Å². The molecule has 8 heteroatoms. The maximum atomic E-state index is 12.7. The molecule has 1 aliphatic heterocycles. The first kappa shape index (κ1) is 23.9. The number of carbonyl (C=O) groups is 2. The molecule has 0 spiro atoms. The van der Waals surface area contributed by atoms with Crippen LogP contribution >= 0.6 is 0 Å². The molecule has 1 aliphatic carbocycles. The minimum atomic E-state index is -3.17. The first-order valence-corrected chi connectivity index (χ1v) is 13.1. The molecule has 1 saturated heterocycles. The molecule has 2 aliphatic rings. The molecule has 1 amide bonds. The van der Waals surface area contributed by atoms with E-state index in [9.17, 15) is 18.0 Å². The van der Waals surface area contributed by atoms with Crippen molar-refractivity contribution in [3.05, 3.63) is 35.4 Å². The molecule has 1 heterocycles. The summed E-state index contributed by atoms with van der Waals surface area (Å²) in [7, 11) is -3.17. The Labute approximate surface area is 186 Å². The normalized spacial score (nSPS) is 20.7. The van der Waals surface area contributed by atoms with E-state index in [1.54, 1.807) is 28.6 Å². The van der Waals surface area contributed by atoms with Crippen LogP contribution in [0, 0.1) is 0 Å². The average molecular weight is 450 g/mol. The van der Waals surface area contributed by atoms with Gasteiger partial charge < -0.3 is 5.32 Å². The maximum Gasteiger partial charge on any atom is 0.251 e. The summed E-state index contributed by atoms with van der Waals surface area (Å²) in [4.78, 5) is 26.0. The number of benzene rings is 1. The summed E-state index contributed by atoms with van der Waals surface area (Å²) >= 11 is 0. The molecule has 1 saturated carbocycles. The lowest BCUT2D eigenvalue weighted by Gasteiger charge is -2.47. The van der Waals surface area contributed by atoms with Gasteiger partial charge in [0.1, 0.15) is 6.29 Å². The quantitative estimate of drug-likeness (QED) is 0.487. The van der Waals surface area contributed by atoms with E-state index >= 15 is 0 Å². The molecular weight excluding hydrogens is 414 g/mol. The van der Waals surface area contributed by atoms with Gasteiger partial charge in [-0.3, -0.25) is 14.5 Å². The van der Waals surface area contributed by atoms with E-state index in [0.29, 0.717) is 50.3 Å². The smallest absolute Gasteiger partial charge is 0.251 e. The van der Waals surface area contributed by atoms with Gasteiger partial charge >= 0.3 is 0 Å². The third-order valence-electron chi connectivity index (χ3n) is 6.69. The third-order valence-corrected chi connectivity index (χ3v) is 8.76. The summed E-state index contributed by atoms with van der Waals surface area (Å²) in [5.41, 5.74) is 0.965. The number of piperazine rings is 1. The number of hydrogen-bond acceptors (Lipinski definition) is 5. The number of nitrogens with one attached hydrogen (secondary N) is 1. The zero-order valence-electron chi connectivity index (χ0n) is 18.5. The lowest BCUT2D eigenvalue weighted by atomic mass is 9.87. The molecule has 1 aromatic rings. The first-order chi connectivity index (χ1) is 14.9. The number of aldehydes is 1. The third kappa shape index (κ3) is 5.93.